The van der Waals surface area contributed by atoms with Crippen LogP contribution < -0.4 is 4.18 Å². The summed E-state index contributed by atoms with van der Waals surface area (Å²) in [5, 5.41) is 10.5. The molecule has 10 nitrogen and oxygen atoms in total. The molecule has 0 fully saturated rings. The summed E-state index contributed by atoms with van der Waals surface area (Å²) in [4.78, 5) is 41.2. The number of benzene rings is 4. The van der Waals surface area contributed by atoms with Crippen LogP contribution >= 0.6 is 0 Å². The van der Waals surface area contributed by atoms with Gasteiger partial charge in [0.2, 0.25) is 0 Å². The standard InChI is InChI=1S/C32H39NO.C26H28F3NO3S.2CO2/c1-7-25-21-28(23-33-22-25)27-13-15-29(16-14-27)32(10-4,11-5)30-17-12-26(24(6)20-30)18-19-31(34,8-2)9-3;1-5-19-15-21(17-30-16-19)20-8-10-22(11-9-20)25(6-2,7-3)23-12-13-24(18(4)14-23)33-34(31,32)26(27,28)29;2*2-1-3/h12-17,20-23,34H,7-11H2,1-6H3;8-17H,5-7H2,1-4H3;;. The molecule has 2 heterocycles. The molecule has 0 spiro atoms. The minimum Gasteiger partial charge on any atom is -0.378 e. The SMILES string of the molecule is CCc1cncc(-c2ccc(C(CC)(CC)c3ccc(C#CC(O)(CC)CC)c(C)c3)cc2)c1.CCc1cncc(-c2ccc(C(CC)(CC)c3ccc(OS(=O)(=O)C(F)(F)F)c(C)c3)cc2)c1.O=C=O.O=C=O. The van der Waals surface area contributed by atoms with Crippen molar-refractivity contribution in [1.82, 2.24) is 9.97 Å². The average molecular weight is 1030 g/mol. The fourth-order valence-electron chi connectivity index (χ4n) is 9.03. The highest BCUT2D eigenvalue weighted by atomic mass is 32.2. The number of aliphatic hydroxyl groups is 1. The lowest BCUT2D eigenvalue weighted by atomic mass is 9.70. The smallest absolute Gasteiger partial charge is 0.378 e. The van der Waals surface area contributed by atoms with Gasteiger partial charge in [0.25, 0.3) is 0 Å². The molecule has 4 aromatic carbocycles. The van der Waals surface area contributed by atoms with E-state index in [1.807, 2.05) is 50.8 Å². The third kappa shape index (κ3) is 15.1. The van der Waals surface area contributed by atoms with Gasteiger partial charge in [0, 0.05) is 52.3 Å². The summed E-state index contributed by atoms with van der Waals surface area (Å²) in [6, 6.07) is 32.9. The molecule has 2 aromatic heterocycles. The number of carbonyl (C=O) groups excluding carboxylic acids is 4. The van der Waals surface area contributed by atoms with Crippen molar-refractivity contribution in [2.24, 2.45) is 0 Å². The van der Waals surface area contributed by atoms with Crippen molar-refractivity contribution < 1.29 is 50.1 Å². The lowest BCUT2D eigenvalue weighted by molar-refractivity contribution is -0.193. The first-order valence-corrected chi connectivity index (χ1v) is 26.1. The highest BCUT2D eigenvalue weighted by Crippen LogP contribution is 2.43. The summed E-state index contributed by atoms with van der Waals surface area (Å²) in [5.74, 6) is 6.01. The van der Waals surface area contributed by atoms with Gasteiger partial charge in [-0.05, 0) is 145 Å². The Labute approximate surface area is 435 Å². The molecular weight excluding hydrogens is 966 g/mol. The van der Waals surface area contributed by atoms with Crippen LogP contribution in [0.3, 0.4) is 0 Å². The van der Waals surface area contributed by atoms with E-state index < -0.39 is 26.6 Å². The molecule has 0 saturated heterocycles. The molecule has 0 aliphatic heterocycles. The first-order chi connectivity index (χ1) is 35.1. The van der Waals surface area contributed by atoms with Gasteiger partial charge in [0.05, 0.1) is 0 Å². The second kappa shape index (κ2) is 27.9. The lowest BCUT2D eigenvalue weighted by Gasteiger charge is -2.34. The zero-order valence-electron chi connectivity index (χ0n) is 43.9. The van der Waals surface area contributed by atoms with Crippen molar-refractivity contribution in [1.29, 1.82) is 0 Å². The summed E-state index contributed by atoms with van der Waals surface area (Å²) in [6.07, 6.45) is 14.8. The molecule has 0 amide bonds. The second-order valence-corrected chi connectivity index (χ2v) is 19.3. The maximum atomic E-state index is 12.7. The van der Waals surface area contributed by atoms with E-state index in [0.29, 0.717) is 18.4 Å². The number of hydrogen-bond acceptors (Lipinski definition) is 10. The number of aromatic nitrogens is 2. The van der Waals surface area contributed by atoms with E-state index in [1.54, 1.807) is 12.1 Å². The third-order valence-corrected chi connectivity index (χ3v) is 14.9. The number of nitrogens with zero attached hydrogens (tertiary/aromatic N) is 2. The predicted molar refractivity (Wildman–Crippen MR) is 281 cm³/mol. The zero-order chi connectivity index (χ0) is 55.3. The minimum absolute atomic E-state index is 0.0493. The molecule has 0 bridgehead atoms. The van der Waals surface area contributed by atoms with Crippen LogP contribution in [0.1, 0.15) is 144 Å². The Hall–Kier alpha value is -7.00. The number of alkyl halides is 3. The van der Waals surface area contributed by atoms with E-state index in [-0.39, 0.29) is 23.5 Å². The van der Waals surface area contributed by atoms with Gasteiger partial charge in [-0.15, -0.1) is 0 Å². The second-order valence-electron chi connectivity index (χ2n) is 17.8. The van der Waals surface area contributed by atoms with Gasteiger partial charge < -0.3 is 9.29 Å². The van der Waals surface area contributed by atoms with Crippen molar-refractivity contribution in [3.63, 3.8) is 0 Å². The summed E-state index contributed by atoms with van der Waals surface area (Å²) in [5.41, 5.74) is 7.11. The van der Waals surface area contributed by atoms with Crippen molar-refractivity contribution in [2.45, 2.75) is 143 Å². The van der Waals surface area contributed by atoms with Crippen LogP contribution in [0.4, 0.5) is 13.2 Å². The number of pyridine rings is 2. The van der Waals surface area contributed by atoms with Crippen LogP contribution in [0.2, 0.25) is 0 Å². The Morgan fingerprint density at radius 3 is 1.23 bits per heavy atom. The highest BCUT2D eigenvalue weighted by Gasteiger charge is 2.49. The largest absolute Gasteiger partial charge is 0.534 e. The van der Waals surface area contributed by atoms with Crippen LogP contribution in [-0.4, -0.2) is 46.9 Å². The van der Waals surface area contributed by atoms with Crippen LogP contribution in [0.5, 0.6) is 5.75 Å². The van der Waals surface area contributed by atoms with Crippen LogP contribution in [0.25, 0.3) is 22.3 Å². The molecule has 392 valence electrons. The number of aryl methyl sites for hydroxylation is 4. The number of rotatable bonds is 16. The fraction of sp³-hybridized carbons (Fsp3) is 0.367. The normalized spacial score (nSPS) is 11.4. The van der Waals surface area contributed by atoms with Gasteiger partial charge in [-0.1, -0.05) is 140 Å². The van der Waals surface area contributed by atoms with E-state index >= 15 is 0 Å². The van der Waals surface area contributed by atoms with Crippen molar-refractivity contribution >= 4 is 22.4 Å². The maximum absolute atomic E-state index is 12.7. The molecule has 14 heteroatoms. The van der Waals surface area contributed by atoms with Gasteiger partial charge in [0.1, 0.15) is 11.4 Å². The Kier molecular flexibility index (Phi) is 23.1. The highest BCUT2D eigenvalue weighted by molar-refractivity contribution is 7.88. The average Bonchev–Trinajstić information content (AvgIpc) is 3.40. The molecule has 6 aromatic rings. The van der Waals surface area contributed by atoms with Crippen LogP contribution in [0, 0.1) is 25.7 Å². The fourth-order valence-corrected chi connectivity index (χ4v) is 9.54. The molecule has 0 atom stereocenters. The van der Waals surface area contributed by atoms with E-state index in [4.69, 9.17) is 19.2 Å². The maximum Gasteiger partial charge on any atom is 0.534 e. The Balaban J connectivity index is 0.000000353. The quantitative estimate of drug-likeness (QED) is 0.0562. The van der Waals surface area contributed by atoms with E-state index in [2.05, 4.69) is 141 Å². The van der Waals surface area contributed by atoms with E-state index in [9.17, 15) is 26.7 Å². The molecule has 6 rings (SSSR count). The van der Waals surface area contributed by atoms with Crippen molar-refractivity contribution in [3.8, 4) is 39.8 Å². The summed E-state index contributed by atoms with van der Waals surface area (Å²) >= 11 is 0. The molecular formula is C60H67F3N2O8S. The first kappa shape index (κ1) is 61.3. The van der Waals surface area contributed by atoms with Crippen molar-refractivity contribution in [3.05, 3.63) is 172 Å². The van der Waals surface area contributed by atoms with E-state index in [1.165, 1.54) is 40.8 Å². The molecule has 0 radical (unpaired) electrons. The van der Waals surface area contributed by atoms with Gasteiger partial charge in [-0.3, -0.25) is 9.97 Å². The van der Waals surface area contributed by atoms with Crippen LogP contribution in [-0.2, 0) is 53.0 Å². The topological polar surface area (TPSA) is 158 Å². The van der Waals surface area contributed by atoms with Gasteiger partial charge in [0.15, 0.2) is 0 Å². The molecule has 0 unspecified atom stereocenters. The third-order valence-electron chi connectivity index (χ3n) is 14.0. The number of hydrogen-bond donors (Lipinski definition) is 1. The van der Waals surface area contributed by atoms with E-state index in [0.717, 1.165) is 77.5 Å². The summed E-state index contributed by atoms with van der Waals surface area (Å²) < 4.78 is 65.4. The minimum atomic E-state index is -5.73. The Morgan fingerprint density at radius 1 is 0.514 bits per heavy atom. The monoisotopic (exact) mass is 1030 g/mol. The molecule has 0 saturated carbocycles. The molecule has 74 heavy (non-hydrogen) atoms. The van der Waals surface area contributed by atoms with Gasteiger partial charge in [-0.25, -0.2) is 0 Å². The lowest BCUT2D eigenvalue weighted by Crippen LogP contribution is -2.29. The zero-order valence-corrected chi connectivity index (χ0v) is 44.8. The Morgan fingerprint density at radius 2 is 0.892 bits per heavy atom. The van der Waals surface area contributed by atoms with Gasteiger partial charge >= 0.3 is 27.9 Å². The Bertz CT molecular complexity index is 3000. The molecule has 0 aliphatic carbocycles. The molecule has 0 aliphatic rings. The molecule has 1 N–H and O–H groups in total. The summed E-state index contributed by atoms with van der Waals surface area (Å²) in [6.45, 7) is 20.5. The summed E-state index contributed by atoms with van der Waals surface area (Å²) in [7, 11) is -5.73. The van der Waals surface area contributed by atoms with Gasteiger partial charge in [-0.2, -0.15) is 40.8 Å². The first-order valence-electron chi connectivity index (χ1n) is 24.7. The van der Waals surface area contributed by atoms with Crippen LogP contribution in [0.15, 0.2) is 122 Å². The predicted octanol–water partition coefficient (Wildman–Crippen LogP) is 13.4. The number of halogens is 3. The van der Waals surface area contributed by atoms with Crippen molar-refractivity contribution in [2.75, 3.05) is 0 Å².